The van der Waals surface area contributed by atoms with Gasteiger partial charge in [0.15, 0.2) is 0 Å². The number of ether oxygens (including phenoxy) is 1. The Morgan fingerprint density at radius 3 is 2.61 bits per heavy atom. The van der Waals surface area contributed by atoms with E-state index in [2.05, 4.69) is 37.9 Å². The van der Waals surface area contributed by atoms with Crippen LogP contribution >= 0.6 is 0 Å². The van der Waals surface area contributed by atoms with Crippen LogP contribution < -0.4 is 0 Å². The van der Waals surface area contributed by atoms with Crippen LogP contribution in [0.5, 0.6) is 0 Å². The Morgan fingerprint density at radius 2 is 2.00 bits per heavy atom. The van der Waals surface area contributed by atoms with Crippen LogP contribution in [0.4, 0.5) is 0 Å². The molecule has 1 saturated carbocycles. The lowest BCUT2D eigenvalue weighted by atomic mass is 9.67. The number of rotatable bonds is 1. The quantitative estimate of drug-likeness (QED) is 0.755. The molecule has 1 aromatic heterocycles. The topological polar surface area (TPSA) is 22.1 Å². The van der Waals surface area contributed by atoms with Gasteiger partial charge in [0.05, 0.1) is 11.7 Å². The van der Waals surface area contributed by atoms with Crippen molar-refractivity contribution in [3.63, 3.8) is 0 Å². The van der Waals surface area contributed by atoms with E-state index < -0.39 is 0 Å². The molecule has 0 radical (unpaired) electrons. The fraction of sp³-hybridized carbons (Fsp3) is 0.688. The summed E-state index contributed by atoms with van der Waals surface area (Å²) < 4.78 is 6.52. The van der Waals surface area contributed by atoms with Crippen LogP contribution in [0.2, 0.25) is 0 Å². The van der Waals surface area contributed by atoms with Gasteiger partial charge in [-0.1, -0.05) is 20.8 Å². The second-order valence-electron chi connectivity index (χ2n) is 7.32. The molecule has 2 bridgehead atoms. The fourth-order valence-corrected chi connectivity index (χ4v) is 4.79. The van der Waals surface area contributed by atoms with Crippen molar-refractivity contribution in [2.24, 2.45) is 11.3 Å². The zero-order valence-corrected chi connectivity index (χ0v) is 11.4. The summed E-state index contributed by atoms with van der Waals surface area (Å²) in [5.74, 6) is 0.728. The van der Waals surface area contributed by atoms with Crippen molar-refractivity contribution in [2.45, 2.75) is 57.2 Å². The van der Waals surface area contributed by atoms with Gasteiger partial charge in [0.2, 0.25) is 0 Å². The first kappa shape index (κ1) is 11.0. The third-order valence-electron chi connectivity index (χ3n) is 5.76. The summed E-state index contributed by atoms with van der Waals surface area (Å²) in [6.07, 6.45) is 8.10. The molecule has 18 heavy (non-hydrogen) atoms. The van der Waals surface area contributed by atoms with Gasteiger partial charge in [-0.2, -0.15) is 0 Å². The second-order valence-corrected chi connectivity index (χ2v) is 7.32. The summed E-state index contributed by atoms with van der Waals surface area (Å²) >= 11 is 0. The predicted molar refractivity (Wildman–Crippen MR) is 70.3 cm³/mol. The van der Waals surface area contributed by atoms with E-state index in [9.17, 15) is 0 Å². The average molecular weight is 243 g/mol. The van der Waals surface area contributed by atoms with Gasteiger partial charge in [-0.15, -0.1) is 0 Å². The van der Waals surface area contributed by atoms with Crippen LogP contribution in [0.3, 0.4) is 0 Å². The molecule has 3 aliphatic rings. The van der Waals surface area contributed by atoms with E-state index in [1.165, 1.54) is 24.8 Å². The van der Waals surface area contributed by atoms with Crippen molar-refractivity contribution >= 4 is 0 Å². The lowest BCUT2D eigenvalue weighted by Gasteiger charge is -2.40. The highest BCUT2D eigenvalue weighted by Gasteiger charge is 2.79. The Morgan fingerprint density at radius 1 is 1.28 bits per heavy atom. The van der Waals surface area contributed by atoms with E-state index in [1.54, 1.807) is 0 Å². The van der Waals surface area contributed by atoms with E-state index >= 15 is 0 Å². The first-order valence-electron chi connectivity index (χ1n) is 7.09. The van der Waals surface area contributed by atoms with Gasteiger partial charge >= 0.3 is 0 Å². The average Bonchev–Trinajstić information content (AvgIpc) is 2.88. The van der Waals surface area contributed by atoms with Crippen molar-refractivity contribution in [1.29, 1.82) is 0 Å². The molecule has 3 fully saturated rings. The Bertz CT molecular complexity index is 492. The minimum atomic E-state index is 0.126. The molecule has 2 nitrogen and oxygen atoms in total. The summed E-state index contributed by atoms with van der Waals surface area (Å²) in [4.78, 5) is 4.15. The molecule has 2 saturated heterocycles. The molecule has 0 amide bonds. The minimum Gasteiger partial charge on any atom is -0.370 e. The van der Waals surface area contributed by atoms with Gasteiger partial charge in [0.25, 0.3) is 0 Å². The summed E-state index contributed by atoms with van der Waals surface area (Å²) in [6, 6.07) is 4.39. The molecule has 0 aromatic carbocycles. The number of pyridine rings is 1. The van der Waals surface area contributed by atoms with E-state index in [1.807, 2.05) is 12.4 Å². The number of hydrogen-bond acceptors (Lipinski definition) is 2. The molecule has 0 N–H and O–H groups in total. The molecule has 2 heteroatoms. The zero-order chi connectivity index (χ0) is 12.6. The Labute approximate surface area is 109 Å². The summed E-state index contributed by atoms with van der Waals surface area (Å²) in [5.41, 5.74) is 2.16. The molecule has 4 rings (SSSR count). The van der Waals surface area contributed by atoms with E-state index in [0.29, 0.717) is 11.5 Å². The van der Waals surface area contributed by atoms with Crippen LogP contribution in [-0.2, 0) is 10.2 Å². The van der Waals surface area contributed by atoms with Crippen LogP contribution in [0.25, 0.3) is 0 Å². The van der Waals surface area contributed by atoms with E-state index in [-0.39, 0.29) is 11.0 Å². The summed E-state index contributed by atoms with van der Waals surface area (Å²) in [5, 5.41) is 0. The minimum absolute atomic E-state index is 0.126. The van der Waals surface area contributed by atoms with Crippen LogP contribution in [0.15, 0.2) is 24.5 Å². The maximum absolute atomic E-state index is 6.52. The van der Waals surface area contributed by atoms with Crippen LogP contribution in [0.1, 0.15) is 45.6 Å². The normalized spacial score (nSPS) is 45.1. The molecule has 0 unspecified atom stereocenters. The monoisotopic (exact) mass is 243 g/mol. The van der Waals surface area contributed by atoms with Crippen molar-refractivity contribution in [3.8, 4) is 0 Å². The first-order chi connectivity index (χ1) is 8.51. The van der Waals surface area contributed by atoms with Crippen molar-refractivity contribution in [2.75, 3.05) is 0 Å². The van der Waals surface area contributed by atoms with Gasteiger partial charge in [-0.3, -0.25) is 4.98 Å². The van der Waals surface area contributed by atoms with Crippen LogP contribution in [0, 0.1) is 11.3 Å². The van der Waals surface area contributed by atoms with Gasteiger partial charge in [0, 0.05) is 23.7 Å². The SMILES string of the molecule is CC(C)(C)[C@]12CC[C@H](O1)[C@@]1(c3ccncc3)C[C@H]12. The zero-order valence-electron chi connectivity index (χ0n) is 11.4. The summed E-state index contributed by atoms with van der Waals surface area (Å²) in [7, 11) is 0. The highest BCUT2D eigenvalue weighted by atomic mass is 16.5. The number of nitrogens with zero attached hydrogens (tertiary/aromatic N) is 1. The lowest BCUT2D eigenvalue weighted by Crippen LogP contribution is -2.43. The maximum atomic E-state index is 6.52. The molecular formula is C16H21NO. The maximum Gasteiger partial charge on any atom is 0.0773 e. The molecule has 2 aliphatic heterocycles. The number of hydrogen-bond donors (Lipinski definition) is 0. The van der Waals surface area contributed by atoms with E-state index in [4.69, 9.17) is 4.74 Å². The molecule has 4 atom stereocenters. The largest absolute Gasteiger partial charge is 0.370 e. The third kappa shape index (κ3) is 1.03. The molecule has 0 spiro atoms. The first-order valence-corrected chi connectivity index (χ1v) is 7.09. The smallest absolute Gasteiger partial charge is 0.0773 e. The molecule has 96 valence electrons. The van der Waals surface area contributed by atoms with Crippen LogP contribution in [-0.4, -0.2) is 16.7 Å². The van der Waals surface area contributed by atoms with Crippen molar-refractivity contribution < 1.29 is 4.74 Å². The Balaban J connectivity index is 1.79. The van der Waals surface area contributed by atoms with Gasteiger partial charge in [0.1, 0.15) is 0 Å². The van der Waals surface area contributed by atoms with E-state index in [0.717, 1.165) is 5.92 Å². The third-order valence-corrected chi connectivity index (χ3v) is 5.76. The second kappa shape index (κ2) is 2.98. The summed E-state index contributed by atoms with van der Waals surface area (Å²) in [6.45, 7) is 7.03. The standard InChI is InChI=1S/C16H21NO/c1-14(2,3)16-7-4-13(18-16)15(10-12(15)16)11-5-8-17-9-6-11/h5-6,8-9,12-13H,4,7,10H2,1-3H3/t12-,13+,15-,16-/m1/s1. The number of aromatic nitrogens is 1. The van der Waals surface area contributed by atoms with Gasteiger partial charge in [-0.05, 0) is 42.4 Å². The highest BCUT2D eigenvalue weighted by molar-refractivity contribution is 5.42. The lowest BCUT2D eigenvalue weighted by molar-refractivity contribution is -0.0905. The van der Waals surface area contributed by atoms with Gasteiger partial charge in [-0.25, -0.2) is 0 Å². The van der Waals surface area contributed by atoms with Gasteiger partial charge < -0.3 is 4.74 Å². The Hall–Kier alpha value is -0.890. The highest BCUT2D eigenvalue weighted by Crippen LogP contribution is 2.76. The van der Waals surface area contributed by atoms with Crippen molar-refractivity contribution in [1.82, 2.24) is 4.98 Å². The molecule has 3 heterocycles. The molecular weight excluding hydrogens is 222 g/mol. The van der Waals surface area contributed by atoms with Crippen molar-refractivity contribution in [3.05, 3.63) is 30.1 Å². The number of fused-ring (bicyclic) bond motifs is 5. The molecule has 1 aromatic rings. The Kier molecular flexibility index (Phi) is 1.82. The molecule has 1 aliphatic carbocycles. The predicted octanol–water partition coefficient (Wildman–Crippen LogP) is 3.32. The fourth-order valence-electron chi connectivity index (χ4n) is 4.79.